The second kappa shape index (κ2) is 7.10. The Balaban J connectivity index is 1.56. The van der Waals surface area contributed by atoms with Gasteiger partial charge in [-0.05, 0) is 35.9 Å². The van der Waals surface area contributed by atoms with Crippen molar-refractivity contribution in [1.82, 2.24) is 19.9 Å². The molecule has 0 saturated carbocycles. The molecule has 0 unspecified atom stereocenters. The van der Waals surface area contributed by atoms with Crippen molar-refractivity contribution >= 4 is 29.1 Å². The van der Waals surface area contributed by atoms with Crippen LogP contribution >= 0.6 is 11.6 Å². The Morgan fingerprint density at radius 1 is 1.00 bits per heavy atom. The number of anilines is 3. The fourth-order valence-corrected chi connectivity index (χ4v) is 3.50. The van der Waals surface area contributed by atoms with Gasteiger partial charge in [0, 0.05) is 46.8 Å². The number of hydrogen-bond acceptors (Lipinski definition) is 6. The number of nitrogens with zero attached hydrogens (tertiary/aromatic N) is 4. The number of aromatic nitrogens is 4. The molecule has 1 aliphatic rings. The highest BCUT2D eigenvalue weighted by Gasteiger charge is 2.22. The summed E-state index contributed by atoms with van der Waals surface area (Å²) in [6, 6.07) is 10.0. The van der Waals surface area contributed by atoms with Gasteiger partial charge in [-0.1, -0.05) is 17.7 Å². The van der Waals surface area contributed by atoms with Gasteiger partial charge in [-0.2, -0.15) is 0 Å². The van der Waals surface area contributed by atoms with Crippen molar-refractivity contribution in [1.29, 1.82) is 0 Å². The van der Waals surface area contributed by atoms with Gasteiger partial charge in [0.05, 0.1) is 17.6 Å². The second-order valence-electron chi connectivity index (χ2n) is 6.49. The van der Waals surface area contributed by atoms with Crippen LogP contribution in [0.4, 0.5) is 21.8 Å². The number of hydrogen-bond donors (Lipinski definition) is 2. The largest absolute Gasteiger partial charge is 0.350 e. The van der Waals surface area contributed by atoms with Crippen LogP contribution in [0.1, 0.15) is 5.56 Å². The average molecular weight is 405 g/mol. The average Bonchev–Trinajstić information content (AvgIpc) is 2.87. The summed E-state index contributed by atoms with van der Waals surface area (Å²) in [7, 11) is 0. The van der Waals surface area contributed by atoms with Gasteiger partial charge in [-0.25, -0.2) is 19.3 Å². The lowest BCUT2D eigenvalue weighted by molar-refractivity contribution is 0.627. The summed E-state index contributed by atoms with van der Waals surface area (Å²) < 4.78 is 13.3. The zero-order chi connectivity index (χ0) is 19.8. The third-order valence-corrected chi connectivity index (χ3v) is 5.02. The first-order chi connectivity index (χ1) is 14.2. The molecule has 0 radical (unpaired) electrons. The zero-order valence-electron chi connectivity index (χ0n) is 15.0. The van der Waals surface area contributed by atoms with Crippen LogP contribution in [0.15, 0.2) is 61.2 Å². The topological polar surface area (TPSA) is 75.6 Å². The molecular weight excluding hydrogens is 391 g/mol. The number of benzene rings is 1. The normalized spacial score (nSPS) is 11.5. The van der Waals surface area contributed by atoms with E-state index >= 15 is 0 Å². The Morgan fingerprint density at radius 3 is 2.83 bits per heavy atom. The van der Waals surface area contributed by atoms with Crippen molar-refractivity contribution in [3.05, 3.63) is 77.6 Å². The Labute approximate surface area is 170 Å². The monoisotopic (exact) mass is 404 g/mol. The number of halogens is 2. The molecule has 0 saturated heterocycles. The molecule has 142 valence electrons. The summed E-state index contributed by atoms with van der Waals surface area (Å²) in [5.74, 6) is 0.771. The molecule has 3 aromatic heterocycles. The lowest BCUT2D eigenvalue weighted by atomic mass is 10.0. The molecule has 0 atom stereocenters. The maximum absolute atomic E-state index is 13.3. The van der Waals surface area contributed by atoms with E-state index in [0.717, 1.165) is 33.6 Å². The number of nitrogens with one attached hydrogen (secondary N) is 2. The van der Waals surface area contributed by atoms with Crippen molar-refractivity contribution in [2.75, 3.05) is 10.6 Å². The Hall–Kier alpha value is -3.58. The molecule has 8 heteroatoms. The molecule has 0 aliphatic carbocycles. The van der Waals surface area contributed by atoms with E-state index in [9.17, 15) is 4.39 Å². The Kier molecular flexibility index (Phi) is 4.29. The molecule has 1 aromatic carbocycles. The number of rotatable bonds is 3. The fraction of sp³-hybridized carbons (Fsp3) is 0.0476. The lowest BCUT2D eigenvalue weighted by Gasteiger charge is -2.11. The molecule has 1 aliphatic heterocycles. The third-order valence-electron chi connectivity index (χ3n) is 4.67. The van der Waals surface area contributed by atoms with Crippen LogP contribution in [0.25, 0.3) is 22.4 Å². The minimum Gasteiger partial charge on any atom is -0.350 e. The SMILES string of the molecule is Fc1ccc(CNc2ncc3c(n2)-c2cccnc2Nc2cnccc2-3)c(Cl)c1. The van der Waals surface area contributed by atoms with Gasteiger partial charge in [0.25, 0.3) is 0 Å². The van der Waals surface area contributed by atoms with Crippen LogP contribution < -0.4 is 10.6 Å². The highest BCUT2D eigenvalue weighted by atomic mass is 35.5. The summed E-state index contributed by atoms with van der Waals surface area (Å²) >= 11 is 6.11. The molecular formula is C21H14ClFN6. The highest BCUT2D eigenvalue weighted by molar-refractivity contribution is 6.31. The first-order valence-corrected chi connectivity index (χ1v) is 9.28. The Morgan fingerprint density at radius 2 is 1.93 bits per heavy atom. The van der Waals surface area contributed by atoms with Crippen LogP contribution in [-0.4, -0.2) is 19.9 Å². The molecule has 29 heavy (non-hydrogen) atoms. The summed E-state index contributed by atoms with van der Waals surface area (Å²) in [5.41, 5.74) is 5.05. The molecule has 0 fully saturated rings. The predicted octanol–water partition coefficient (Wildman–Crippen LogP) is 5.06. The van der Waals surface area contributed by atoms with Gasteiger partial charge in [0.15, 0.2) is 0 Å². The standard InChI is InChI=1S/C21H14ClFN6/c22-17-8-13(23)4-3-12(17)9-26-21-27-10-16-14-5-7-24-11-18(14)28-20-15(19(16)29-21)2-1-6-25-20/h1-8,10-11H,9H2,(H,25,28)(H,26,27,29). The van der Waals surface area contributed by atoms with Crippen molar-refractivity contribution in [2.45, 2.75) is 6.54 Å². The van der Waals surface area contributed by atoms with Gasteiger partial charge in [-0.15, -0.1) is 0 Å². The molecule has 0 spiro atoms. The molecule has 6 nitrogen and oxygen atoms in total. The van der Waals surface area contributed by atoms with E-state index < -0.39 is 0 Å². The summed E-state index contributed by atoms with van der Waals surface area (Å²) in [5, 5.41) is 6.84. The van der Waals surface area contributed by atoms with E-state index in [1.54, 1.807) is 30.9 Å². The first kappa shape index (κ1) is 17.5. The van der Waals surface area contributed by atoms with Crippen LogP contribution in [0.5, 0.6) is 0 Å². The lowest BCUT2D eigenvalue weighted by Crippen LogP contribution is -2.05. The quantitative estimate of drug-likeness (QED) is 0.437. The maximum atomic E-state index is 13.3. The van der Waals surface area contributed by atoms with E-state index in [1.165, 1.54) is 12.1 Å². The van der Waals surface area contributed by atoms with E-state index in [4.69, 9.17) is 16.6 Å². The zero-order valence-corrected chi connectivity index (χ0v) is 15.8. The Bertz CT molecular complexity index is 1230. The van der Waals surface area contributed by atoms with Crippen molar-refractivity contribution < 1.29 is 4.39 Å². The van der Waals surface area contributed by atoms with Gasteiger partial charge >= 0.3 is 0 Å². The van der Waals surface area contributed by atoms with E-state index in [1.807, 2.05) is 18.2 Å². The van der Waals surface area contributed by atoms with Crippen molar-refractivity contribution in [3.63, 3.8) is 0 Å². The second-order valence-corrected chi connectivity index (χ2v) is 6.90. The minimum atomic E-state index is -0.371. The summed E-state index contributed by atoms with van der Waals surface area (Å²) in [4.78, 5) is 17.8. The molecule has 0 bridgehead atoms. The van der Waals surface area contributed by atoms with Crippen LogP contribution in [-0.2, 0) is 6.54 Å². The number of pyridine rings is 2. The molecule has 0 amide bonds. The van der Waals surface area contributed by atoms with Crippen LogP contribution in [0.2, 0.25) is 5.02 Å². The van der Waals surface area contributed by atoms with E-state index in [2.05, 4.69) is 25.6 Å². The van der Waals surface area contributed by atoms with Gasteiger partial charge in [0.2, 0.25) is 5.95 Å². The fourth-order valence-electron chi connectivity index (χ4n) is 3.26. The molecule has 5 rings (SSSR count). The first-order valence-electron chi connectivity index (χ1n) is 8.91. The van der Waals surface area contributed by atoms with Gasteiger partial charge in [0.1, 0.15) is 11.6 Å². The van der Waals surface area contributed by atoms with Gasteiger partial charge in [-0.3, -0.25) is 4.98 Å². The van der Waals surface area contributed by atoms with E-state index in [0.29, 0.717) is 23.3 Å². The van der Waals surface area contributed by atoms with Gasteiger partial charge < -0.3 is 10.6 Å². The smallest absolute Gasteiger partial charge is 0.223 e. The summed E-state index contributed by atoms with van der Waals surface area (Å²) in [6.45, 7) is 0.372. The van der Waals surface area contributed by atoms with E-state index in [-0.39, 0.29) is 5.82 Å². The highest BCUT2D eigenvalue weighted by Crippen LogP contribution is 2.41. The van der Waals surface area contributed by atoms with Crippen LogP contribution in [0.3, 0.4) is 0 Å². The molecule has 4 heterocycles. The maximum Gasteiger partial charge on any atom is 0.223 e. The molecule has 2 N–H and O–H groups in total. The molecule has 4 aromatic rings. The predicted molar refractivity (Wildman–Crippen MR) is 111 cm³/mol. The third kappa shape index (κ3) is 3.25. The van der Waals surface area contributed by atoms with Crippen LogP contribution in [0, 0.1) is 5.82 Å². The number of fused-ring (bicyclic) bond motifs is 5. The minimum absolute atomic E-state index is 0.354. The summed E-state index contributed by atoms with van der Waals surface area (Å²) in [6.07, 6.45) is 6.99. The van der Waals surface area contributed by atoms with Crippen molar-refractivity contribution in [2.24, 2.45) is 0 Å². The van der Waals surface area contributed by atoms with Crippen molar-refractivity contribution in [3.8, 4) is 22.4 Å².